The van der Waals surface area contributed by atoms with Crippen LogP contribution in [0.25, 0.3) is 127 Å². The fourth-order valence-electron chi connectivity index (χ4n) is 9.00. The Kier molecular flexibility index (Phi) is 3.81. The lowest BCUT2D eigenvalue weighted by molar-refractivity contribution is 0.893. The molecule has 0 fully saturated rings. The molecule has 5 aromatic heterocycles. The summed E-state index contributed by atoms with van der Waals surface area (Å²) in [6, 6.07) is -1.86. The van der Waals surface area contributed by atoms with Gasteiger partial charge in [-0.05, 0) is 58.6 Å². The molecule has 5 heterocycles. The van der Waals surface area contributed by atoms with Crippen molar-refractivity contribution in [2.45, 2.75) is 0 Å². The highest BCUT2D eigenvalue weighted by molar-refractivity contribution is 6.25. The fourth-order valence-corrected chi connectivity index (χ4v) is 9.00. The van der Waals surface area contributed by atoms with E-state index in [9.17, 15) is 13.7 Å². The van der Waals surface area contributed by atoms with Gasteiger partial charge < -0.3 is 4.40 Å². The number of rotatable bonds is 5. The van der Waals surface area contributed by atoms with Crippen molar-refractivity contribution >= 4 is 81.7 Å². The van der Waals surface area contributed by atoms with Gasteiger partial charge in [-0.15, -0.1) is 0 Å². The number of fused-ring (bicyclic) bond motifs is 12. The molecule has 0 aliphatic rings. The topological polar surface area (TPSA) is 52.9 Å². The zero-order chi connectivity index (χ0) is 62.1. The zero-order valence-electron chi connectivity index (χ0n) is 56.0. The molecule has 63 heavy (non-hydrogen) atoms. The number of hydrogen-bond acceptors (Lipinski definition) is 3. The standard InChI is InChI=1S/C57H34N6/c1-3-17-35(18-4-1)37-24-15-33-49-51(37)43-22-8-11-31-47(43)61(49)56-58-55(45-29-14-28-42-41-27-13-26-40-39-21-7-10-30-46(39)63(53(40)41)54(42)45)59-57(60-56)62-48-32-12-9-23-44(48)52-38(25-16-34-50(52)62)36-19-5-2-6-20-36/h1-34H/i1D,2D,3D,4D,5D,6D,8D,9D,11D,12D,15D,16D,17D,18D,19D,20D,22D,23D,24D,25D,31D,32D,33D,34D. The van der Waals surface area contributed by atoms with E-state index < -0.39 is 223 Å². The van der Waals surface area contributed by atoms with Crippen LogP contribution in [-0.2, 0) is 0 Å². The molecule has 0 saturated heterocycles. The first-order chi connectivity index (χ1) is 41.3. The van der Waals surface area contributed by atoms with E-state index in [1.807, 2.05) is 52.9 Å². The molecule has 9 aromatic carbocycles. The van der Waals surface area contributed by atoms with Gasteiger partial charge in [0.05, 0.1) is 71.5 Å². The number of hydrogen-bond donors (Lipinski definition) is 0. The summed E-state index contributed by atoms with van der Waals surface area (Å²) in [6.07, 6.45) is 0. The minimum Gasteiger partial charge on any atom is -0.307 e. The van der Waals surface area contributed by atoms with Crippen LogP contribution in [0.3, 0.4) is 0 Å². The van der Waals surface area contributed by atoms with Crippen LogP contribution >= 0.6 is 0 Å². The van der Waals surface area contributed by atoms with E-state index in [0.717, 1.165) is 36.3 Å². The highest BCUT2D eigenvalue weighted by atomic mass is 15.3. The van der Waals surface area contributed by atoms with Crippen LogP contribution in [0.1, 0.15) is 32.9 Å². The number of nitrogens with zero attached hydrogens (tertiary/aromatic N) is 6. The molecule has 6 heteroatoms. The van der Waals surface area contributed by atoms with E-state index in [1.165, 1.54) is 0 Å². The first-order valence-electron chi connectivity index (χ1n) is 31.4. The largest absolute Gasteiger partial charge is 0.307 e. The Labute approximate surface area is 394 Å². The van der Waals surface area contributed by atoms with E-state index in [1.54, 1.807) is 12.1 Å². The molecule has 0 bridgehead atoms. The normalized spacial score (nSPS) is 17.5. The Hall–Kier alpha value is -8.61. The summed E-state index contributed by atoms with van der Waals surface area (Å²) in [5, 5.41) is 1.29. The summed E-state index contributed by atoms with van der Waals surface area (Å²) in [7, 11) is 0. The third-order valence-electron chi connectivity index (χ3n) is 11.4. The lowest BCUT2D eigenvalue weighted by atomic mass is 9.99. The Bertz CT molecular complexity index is 5290. The second kappa shape index (κ2) is 12.9. The lowest BCUT2D eigenvalue weighted by Gasteiger charge is -2.13. The zero-order valence-corrected chi connectivity index (χ0v) is 32.0. The summed E-state index contributed by atoms with van der Waals surface area (Å²) in [4.78, 5) is 15.0. The molecule has 0 N–H and O–H groups in total. The van der Waals surface area contributed by atoms with E-state index in [4.69, 9.17) is 34.1 Å². The third kappa shape index (κ3) is 4.74. The maximum Gasteiger partial charge on any atom is 0.240 e. The van der Waals surface area contributed by atoms with Crippen LogP contribution in [-0.4, -0.2) is 28.5 Å². The van der Waals surface area contributed by atoms with Crippen molar-refractivity contribution in [1.82, 2.24) is 28.5 Å². The second-order valence-electron chi connectivity index (χ2n) is 14.6. The van der Waals surface area contributed by atoms with Crippen molar-refractivity contribution in [2.75, 3.05) is 0 Å². The molecule has 14 rings (SSSR count). The minimum atomic E-state index is -0.910. The van der Waals surface area contributed by atoms with Crippen molar-refractivity contribution in [3.05, 3.63) is 206 Å². The summed E-state index contributed by atoms with van der Waals surface area (Å²) in [5.74, 6) is -1.66. The van der Waals surface area contributed by atoms with Crippen molar-refractivity contribution in [1.29, 1.82) is 0 Å². The Morgan fingerprint density at radius 3 is 1.41 bits per heavy atom. The van der Waals surface area contributed by atoms with E-state index >= 15 is 0 Å². The van der Waals surface area contributed by atoms with Gasteiger partial charge >= 0.3 is 0 Å². The van der Waals surface area contributed by atoms with Gasteiger partial charge in [-0.3, -0.25) is 9.13 Å². The van der Waals surface area contributed by atoms with Gasteiger partial charge in [0.2, 0.25) is 11.9 Å². The second-order valence-corrected chi connectivity index (χ2v) is 14.6. The average molecular weight is 827 g/mol. The highest BCUT2D eigenvalue weighted by Gasteiger charge is 2.25. The maximum atomic E-state index is 9.72. The molecule has 6 nitrogen and oxygen atoms in total. The van der Waals surface area contributed by atoms with Crippen LogP contribution in [0.15, 0.2) is 206 Å². The Balaban J connectivity index is 1.25. The van der Waals surface area contributed by atoms with Crippen molar-refractivity contribution in [3.63, 3.8) is 0 Å². The molecule has 0 aliphatic heterocycles. The van der Waals surface area contributed by atoms with Gasteiger partial charge in [0.15, 0.2) is 5.82 Å². The van der Waals surface area contributed by atoms with Gasteiger partial charge in [-0.2, -0.15) is 15.0 Å². The number of benzene rings is 9. The van der Waals surface area contributed by atoms with E-state index in [2.05, 4.69) is 0 Å². The van der Waals surface area contributed by atoms with Crippen molar-refractivity contribution < 1.29 is 32.9 Å². The molecule has 0 saturated carbocycles. The summed E-state index contributed by atoms with van der Waals surface area (Å²) < 4.78 is 223. The summed E-state index contributed by atoms with van der Waals surface area (Å²) in [5.41, 5.74) is -2.46. The molecule has 0 aliphatic carbocycles. The molecule has 0 atom stereocenters. The van der Waals surface area contributed by atoms with Gasteiger partial charge in [0, 0.05) is 48.7 Å². The average Bonchev–Trinajstić information content (AvgIpc) is 1.58. The van der Waals surface area contributed by atoms with Gasteiger partial charge in [-0.25, -0.2) is 0 Å². The van der Waals surface area contributed by atoms with Gasteiger partial charge in [0.25, 0.3) is 0 Å². The van der Waals surface area contributed by atoms with E-state index in [0.29, 0.717) is 10.9 Å². The smallest absolute Gasteiger partial charge is 0.240 e. The first kappa shape index (κ1) is 18.6. The van der Waals surface area contributed by atoms with Crippen molar-refractivity contribution in [2.24, 2.45) is 0 Å². The molecule has 0 amide bonds. The highest BCUT2D eigenvalue weighted by Crippen LogP contribution is 2.44. The Morgan fingerprint density at radius 2 is 0.810 bits per heavy atom. The lowest BCUT2D eigenvalue weighted by Crippen LogP contribution is -2.10. The molecule has 14 aromatic rings. The van der Waals surface area contributed by atoms with Crippen LogP contribution < -0.4 is 0 Å². The number of aromatic nitrogens is 6. The monoisotopic (exact) mass is 826 g/mol. The van der Waals surface area contributed by atoms with Crippen LogP contribution in [0, 0.1) is 0 Å². The predicted molar refractivity (Wildman–Crippen MR) is 259 cm³/mol. The van der Waals surface area contributed by atoms with Crippen molar-refractivity contribution in [3.8, 4) is 45.5 Å². The maximum absolute atomic E-state index is 9.72. The van der Waals surface area contributed by atoms with Crippen LogP contribution in [0.4, 0.5) is 0 Å². The van der Waals surface area contributed by atoms with Crippen LogP contribution in [0.5, 0.6) is 0 Å². The van der Waals surface area contributed by atoms with Crippen LogP contribution in [0.2, 0.25) is 0 Å². The quantitative estimate of drug-likeness (QED) is 0.174. The molecule has 0 spiro atoms. The Morgan fingerprint density at radius 1 is 0.333 bits per heavy atom. The SMILES string of the molecule is [2H]c1c([2H])c([2H])c(-c2c([2H])c([2H])c([2H])c3c2c2c([2H])c([2H])c([2H])c([2H])c2n3-c2nc(-c3cccc4c5cccc6c7ccccc7n(c34)c65)nc(-n3c4c([2H])c([2H])c([2H])c([2H])c4c4c(-c5c([2H])c([2H])c([2H])c([2H])c5[2H])c([2H])c([2H])c([2H])c43)n2)c([2H])c1[2H]. The number of para-hydroxylation sites is 5. The third-order valence-corrected chi connectivity index (χ3v) is 11.4. The van der Waals surface area contributed by atoms with Gasteiger partial charge in [-0.1, -0.05) is 169 Å². The van der Waals surface area contributed by atoms with E-state index in [-0.39, 0.29) is 11.4 Å². The molecule has 292 valence electrons. The predicted octanol–water partition coefficient (Wildman–Crippen LogP) is 14.2. The molecular weight excluding hydrogens is 769 g/mol. The first-order valence-corrected chi connectivity index (χ1v) is 19.4. The minimum absolute atomic E-state index is 0.211. The summed E-state index contributed by atoms with van der Waals surface area (Å²) >= 11 is 0. The summed E-state index contributed by atoms with van der Waals surface area (Å²) in [6.45, 7) is 0. The molecule has 0 unspecified atom stereocenters. The van der Waals surface area contributed by atoms with Gasteiger partial charge in [0.1, 0.15) is 0 Å². The fraction of sp³-hybridized carbons (Fsp3) is 0. The molecule has 0 radical (unpaired) electrons. The molecular formula is C57H34N6.